The number of methoxy groups -OCH3 is 1. The van der Waals surface area contributed by atoms with Gasteiger partial charge in [-0.3, -0.25) is 0 Å². The maximum absolute atomic E-state index is 5.94. The minimum atomic E-state index is 0. The van der Waals surface area contributed by atoms with Gasteiger partial charge in [0.15, 0.2) is 17.5 Å². The Morgan fingerprint density at radius 3 is 2.42 bits per heavy atom. The highest BCUT2D eigenvalue weighted by Crippen LogP contribution is 2.28. The molecule has 0 heterocycles. The van der Waals surface area contributed by atoms with Crippen LogP contribution < -0.4 is 20.1 Å². The number of nitrogens with zero attached hydrogens (tertiary/aromatic N) is 2. The molecule has 8 heteroatoms. The van der Waals surface area contributed by atoms with Gasteiger partial charge in [-0.05, 0) is 57.5 Å². The fourth-order valence-corrected chi connectivity index (χ4v) is 2.95. The summed E-state index contributed by atoms with van der Waals surface area (Å²) >= 11 is 0. The smallest absolute Gasteiger partial charge is 0.191 e. The number of benzene rings is 1. The van der Waals surface area contributed by atoms with Crippen molar-refractivity contribution >= 4 is 29.9 Å². The van der Waals surface area contributed by atoms with Crippen LogP contribution in [-0.2, 0) is 11.3 Å². The van der Waals surface area contributed by atoms with E-state index in [0.29, 0.717) is 13.2 Å². The Hall–Kier alpha value is -1.26. The van der Waals surface area contributed by atoms with Crippen LogP contribution in [0.1, 0.15) is 46.1 Å². The highest BCUT2D eigenvalue weighted by Gasteiger charge is 2.07. The molecule has 0 aliphatic heterocycles. The summed E-state index contributed by atoms with van der Waals surface area (Å²) in [6.45, 7) is 15.9. The Morgan fingerprint density at radius 2 is 1.77 bits per heavy atom. The van der Waals surface area contributed by atoms with E-state index in [-0.39, 0.29) is 24.0 Å². The van der Waals surface area contributed by atoms with E-state index in [1.54, 1.807) is 7.11 Å². The summed E-state index contributed by atoms with van der Waals surface area (Å²) in [6, 6.07) is 6.02. The molecule has 0 atom stereocenters. The Labute approximate surface area is 206 Å². The van der Waals surface area contributed by atoms with Crippen LogP contribution in [0, 0.1) is 0 Å². The zero-order valence-corrected chi connectivity index (χ0v) is 22.4. The predicted molar refractivity (Wildman–Crippen MR) is 140 cm³/mol. The molecule has 1 aromatic carbocycles. The van der Waals surface area contributed by atoms with Gasteiger partial charge >= 0.3 is 0 Å². The van der Waals surface area contributed by atoms with Crippen molar-refractivity contribution in [3.8, 4) is 11.5 Å². The number of rotatable bonds is 16. The molecular formula is C23H43IN4O3. The van der Waals surface area contributed by atoms with Crippen LogP contribution in [0.15, 0.2) is 23.2 Å². The van der Waals surface area contributed by atoms with Crippen molar-refractivity contribution in [1.82, 2.24) is 15.5 Å². The second-order valence-electron chi connectivity index (χ2n) is 6.89. The van der Waals surface area contributed by atoms with Crippen molar-refractivity contribution in [2.75, 3.05) is 59.7 Å². The number of likely N-dealkylation sites (N-methyl/N-ethyl adjacent to an activating group) is 1. The lowest BCUT2D eigenvalue weighted by Crippen LogP contribution is -2.37. The summed E-state index contributed by atoms with van der Waals surface area (Å²) in [5.41, 5.74) is 1.08. The molecule has 1 aromatic rings. The minimum absolute atomic E-state index is 0. The van der Waals surface area contributed by atoms with Crippen LogP contribution in [0.5, 0.6) is 11.5 Å². The van der Waals surface area contributed by atoms with Gasteiger partial charge in [0, 0.05) is 32.8 Å². The predicted octanol–water partition coefficient (Wildman–Crippen LogP) is 3.91. The number of unbranched alkanes of at least 4 members (excludes halogenated alkanes) is 1. The first-order valence-corrected chi connectivity index (χ1v) is 11.3. The summed E-state index contributed by atoms with van der Waals surface area (Å²) in [4.78, 5) is 7.03. The normalized spacial score (nSPS) is 11.2. The average molecular weight is 551 g/mol. The third kappa shape index (κ3) is 13.0. The maximum atomic E-state index is 5.94. The van der Waals surface area contributed by atoms with Gasteiger partial charge < -0.3 is 29.7 Å². The lowest BCUT2D eigenvalue weighted by Gasteiger charge is -2.19. The molecule has 0 spiro atoms. The van der Waals surface area contributed by atoms with Crippen molar-refractivity contribution < 1.29 is 14.2 Å². The monoisotopic (exact) mass is 550 g/mol. The van der Waals surface area contributed by atoms with Crippen LogP contribution in [0.3, 0.4) is 0 Å². The zero-order chi connectivity index (χ0) is 22.0. The molecule has 1 rings (SSSR count). The Kier molecular flexibility index (Phi) is 18.6. The van der Waals surface area contributed by atoms with Crippen molar-refractivity contribution in [3.63, 3.8) is 0 Å². The van der Waals surface area contributed by atoms with E-state index >= 15 is 0 Å². The molecule has 31 heavy (non-hydrogen) atoms. The number of hydrogen-bond donors (Lipinski definition) is 2. The van der Waals surface area contributed by atoms with E-state index in [0.717, 1.165) is 81.8 Å². The summed E-state index contributed by atoms with van der Waals surface area (Å²) in [7, 11) is 1.67. The van der Waals surface area contributed by atoms with Gasteiger partial charge in [-0.25, -0.2) is 4.99 Å². The van der Waals surface area contributed by atoms with E-state index in [1.165, 1.54) is 0 Å². The Balaban J connectivity index is 0.00000900. The van der Waals surface area contributed by atoms with Crippen LogP contribution in [0.25, 0.3) is 0 Å². The fraction of sp³-hybridized carbons (Fsp3) is 0.696. The first-order valence-electron chi connectivity index (χ1n) is 11.3. The lowest BCUT2D eigenvalue weighted by atomic mass is 10.2. The molecule has 0 bridgehead atoms. The van der Waals surface area contributed by atoms with Crippen LogP contribution in [-0.4, -0.2) is 70.5 Å². The summed E-state index contributed by atoms with van der Waals surface area (Å²) in [5, 5.41) is 6.67. The zero-order valence-electron chi connectivity index (χ0n) is 20.0. The molecule has 0 saturated carbocycles. The number of aliphatic imine (C=N–C) groups is 1. The van der Waals surface area contributed by atoms with Gasteiger partial charge in [-0.2, -0.15) is 0 Å². The summed E-state index contributed by atoms with van der Waals surface area (Å²) < 4.78 is 16.8. The lowest BCUT2D eigenvalue weighted by molar-refractivity contribution is 0.143. The molecule has 0 radical (unpaired) electrons. The first-order chi connectivity index (χ1) is 14.7. The SMILES string of the molecule is CCNC(=NCc1ccc(OCCN(CC)CC)c(OC)c1)NCCCCOCC.I. The Morgan fingerprint density at radius 1 is 1.00 bits per heavy atom. The number of nitrogens with one attached hydrogen (secondary N) is 2. The van der Waals surface area contributed by atoms with E-state index in [1.807, 2.05) is 25.1 Å². The maximum Gasteiger partial charge on any atom is 0.191 e. The van der Waals surface area contributed by atoms with E-state index in [2.05, 4.69) is 36.3 Å². The molecule has 0 saturated heterocycles. The van der Waals surface area contributed by atoms with E-state index < -0.39 is 0 Å². The minimum Gasteiger partial charge on any atom is -0.493 e. The topological polar surface area (TPSA) is 67.4 Å². The van der Waals surface area contributed by atoms with Crippen LogP contribution in [0.2, 0.25) is 0 Å². The number of hydrogen-bond acceptors (Lipinski definition) is 5. The highest BCUT2D eigenvalue weighted by atomic mass is 127. The summed E-state index contributed by atoms with van der Waals surface area (Å²) in [6.07, 6.45) is 2.10. The fourth-order valence-electron chi connectivity index (χ4n) is 2.95. The molecule has 7 nitrogen and oxygen atoms in total. The molecule has 0 aliphatic rings. The van der Waals surface area contributed by atoms with Gasteiger partial charge in [0.05, 0.1) is 13.7 Å². The van der Waals surface area contributed by atoms with Gasteiger partial charge in [0.2, 0.25) is 0 Å². The number of guanidine groups is 1. The number of ether oxygens (including phenoxy) is 3. The quantitative estimate of drug-likeness (QED) is 0.141. The number of halogens is 1. The van der Waals surface area contributed by atoms with Gasteiger partial charge in [-0.1, -0.05) is 19.9 Å². The molecular weight excluding hydrogens is 507 g/mol. The van der Waals surface area contributed by atoms with Crippen molar-refractivity contribution in [1.29, 1.82) is 0 Å². The van der Waals surface area contributed by atoms with E-state index in [9.17, 15) is 0 Å². The van der Waals surface area contributed by atoms with Crippen molar-refractivity contribution in [3.05, 3.63) is 23.8 Å². The molecule has 0 aromatic heterocycles. The molecule has 0 fully saturated rings. The van der Waals surface area contributed by atoms with Crippen LogP contribution >= 0.6 is 24.0 Å². The molecule has 0 aliphatic carbocycles. The third-order valence-electron chi connectivity index (χ3n) is 4.76. The molecule has 180 valence electrons. The molecule has 0 amide bonds. The molecule has 2 N–H and O–H groups in total. The van der Waals surface area contributed by atoms with Gasteiger partial charge in [0.1, 0.15) is 6.61 Å². The molecule has 0 unspecified atom stereocenters. The average Bonchev–Trinajstić information content (AvgIpc) is 2.77. The van der Waals surface area contributed by atoms with E-state index in [4.69, 9.17) is 19.2 Å². The summed E-state index contributed by atoms with van der Waals surface area (Å²) in [5.74, 6) is 2.35. The van der Waals surface area contributed by atoms with Crippen molar-refractivity contribution in [2.24, 2.45) is 4.99 Å². The standard InChI is InChI=1S/C23H42N4O3.HI/c1-6-24-23(25-14-10-11-16-29-9-4)26-19-20-12-13-21(22(18-20)28-5)30-17-15-27(7-2)8-3;/h12-13,18H,6-11,14-17,19H2,1-5H3,(H2,24,25,26);1H. The van der Waals surface area contributed by atoms with Crippen molar-refractivity contribution in [2.45, 2.75) is 47.1 Å². The second kappa shape index (κ2) is 19.4. The third-order valence-corrected chi connectivity index (χ3v) is 4.76. The highest BCUT2D eigenvalue weighted by molar-refractivity contribution is 14.0. The second-order valence-corrected chi connectivity index (χ2v) is 6.89. The largest absolute Gasteiger partial charge is 0.493 e. The van der Waals surface area contributed by atoms with Gasteiger partial charge in [-0.15, -0.1) is 24.0 Å². The Bertz CT molecular complexity index is 598. The van der Waals surface area contributed by atoms with Gasteiger partial charge in [0.25, 0.3) is 0 Å². The van der Waals surface area contributed by atoms with Crippen LogP contribution in [0.4, 0.5) is 0 Å². The first kappa shape index (κ1) is 29.7.